The van der Waals surface area contributed by atoms with Gasteiger partial charge in [-0.1, -0.05) is 42.5 Å². The van der Waals surface area contributed by atoms with E-state index in [-0.39, 0.29) is 17.2 Å². The molecule has 37 heavy (non-hydrogen) atoms. The molecule has 0 aromatic heterocycles. The van der Waals surface area contributed by atoms with Crippen molar-refractivity contribution < 1.29 is 26.7 Å². The predicted octanol–water partition coefficient (Wildman–Crippen LogP) is 6.47. The van der Waals surface area contributed by atoms with Crippen molar-refractivity contribution in [3.63, 3.8) is 0 Å². The van der Waals surface area contributed by atoms with Gasteiger partial charge >= 0.3 is 6.18 Å². The molecule has 0 radical (unpaired) electrons. The maximum Gasteiger partial charge on any atom is 0.419 e. The van der Waals surface area contributed by atoms with Crippen molar-refractivity contribution in [2.45, 2.75) is 6.18 Å². The number of piperazine rings is 1. The number of fused-ring (bicyclic) bond motifs is 1. The lowest BCUT2D eigenvalue weighted by Crippen LogP contribution is -2.43. The van der Waals surface area contributed by atoms with Crippen molar-refractivity contribution in [2.24, 2.45) is 0 Å². The van der Waals surface area contributed by atoms with Crippen molar-refractivity contribution >= 4 is 28.1 Å². The monoisotopic (exact) mass is 511 g/mol. The van der Waals surface area contributed by atoms with Gasteiger partial charge in [-0.3, -0.25) is 4.79 Å². The third-order valence-electron chi connectivity index (χ3n) is 6.41. The largest absolute Gasteiger partial charge is 0.419 e. The highest BCUT2D eigenvalue weighted by atomic mass is 19.4. The van der Waals surface area contributed by atoms with E-state index in [0.29, 0.717) is 36.1 Å². The maximum absolute atomic E-state index is 14.8. The number of amides is 1. The Morgan fingerprint density at radius 1 is 0.865 bits per heavy atom. The van der Waals surface area contributed by atoms with Crippen LogP contribution in [0.3, 0.4) is 0 Å². The van der Waals surface area contributed by atoms with Crippen molar-refractivity contribution in [2.75, 3.05) is 36.4 Å². The van der Waals surface area contributed by atoms with Crippen LogP contribution in [0.4, 0.5) is 33.3 Å². The molecule has 5 rings (SSSR count). The molecule has 1 fully saturated rings. The molecule has 4 aromatic carbocycles. The average Bonchev–Trinajstić information content (AvgIpc) is 2.89. The first-order valence-corrected chi connectivity index (χ1v) is 11.7. The minimum absolute atomic E-state index is 0.136. The summed E-state index contributed by atoms with van der Waals surface area (Å²) in [6.45, 7) is 2.74. The Balaban J connectivity index is 1.57. The number of halogens is 5. The molecule has 4 nitrogen and oxygen atoms in total. The number of nitrogens with zero attached hydrogens (tertiary/aromatic N) is 1. The summed E-state index contributed by atoms with van der Waals surface area (Å²) in [7, 11) is 0. The molecule has 190 valence electrons. The Kier molecular flexibility index (Phi) is 6.55. The van der Waals surface area contributed by atoms with Crippen LogP contribution in [0.5, 0.6) is 0 Å². The maximum atomic E-state index is 14.8. The van der Waals surface area contributed by atoms with Crippen LogP contribution in [0.2, 0.25) is 0 Å². The summed E-state index contributed by atoms with van der Waals surface area (Å²) >= 11 is 0. The second-order valence-corrected chi connectivity index (χ2v) is 8.76. The molecule has 2 N–H and O–H groups in total. The number of nitrogens with one attached hydrogen (secondary N) is 2. The number of alkyl halides is 3. The van der Waals surface area contributed by atoms with Gasteiger partial charge < -0.3 is 15.5 Å². The molecule has 0 bridgehead atoms. The first-order valence-electron chi connectivity index (χ1n) is 11.7. The molecule has 0 unspecified atom stereocenters. The lowest BCUT2D eigenvalue weighted by atomic mass is 10.00. The predicted molar refractivity (Wildman–Crippen MR) is 134 cm³/mol. The van der Waals surface area contributed by atoms with Crippen molar-refractivity contribution in [1.82, 2.24) is 5.32 Å². The first-order chi connectivity index (χ1) is 17.7. The van der Waals surface area contributed by atoms with E-state index in [1.54, 1.807) is 18.2 Å². The van der Waals surface area contributed by atoms with E-state index in [4.69, 9.17) is 0 Å². The summed E-state index contributed by atoms with van der Waals surface area (Å²) in [6, 6.07) is 18.1. The zero-order valence-corrected chi connectivity index (χ0v) is 19.5. The molecular formula is C28H22F5N3O. The number of anilines is 2. The lowest BCUT2D eigenvalue weighted by Gasteiger charge is -2.31. The molecule has 9 heteroatoms. The minimum Gasteiger partial charge on any atom is -0.367 e. The van der Waals surface area contributed by atoms with Gasteiger partial charge in [-0.05, 0) is 46.7 Å². The van der Waals surface area contributed by atoms with Crippen LogP contribution >= 0.6 is 0 Å². The number of hydrogen-bond acceptors (Lipinski definition) is 3. The fraction of sp³-hybridized carbons (Fsp3) is 0.179. The molecule has 1 saturated heterocycles. The zero-order chi connectivity index (χ0) is 26.2. The molecule has 0 spiro atoms. The summed E-state index contributed by atoms with van der Waals surface area (Å²) in [5, 5.41) is 7.78. The number of carbonyl (C=O) groups excluding carboxylic acids is 1. The minimum atomic E-state index is -5.02. The molecule has 0 aliphatic carbocycles. The van der Waals surface area contributed by atoms with Crippen LogP contribution in [0, 0.1) is 11.6 Å². The summed E-state index contributed by atoms with van der Waals surface area (Å²) in [4.78, 5) is 15.4. The topological polar surface area (TPSA) is 44.4 Å². The SMILES string of the molecule is O=C(Nc1cc(-c2cc(F)c(C(F)(F)F)cc2F)ccc1N1CCNCC1)c1cccc2ccccc12. The number of carbonyl (C=O) groups is 1. The highest BCUT2D eigenvalue weighted by Crippen LogP contribution is 2.38. The molecule has 1 amide bonds. The fourth-order valence-corrected chi connectivity index (χ4v) is 4.58. The van der Waals surface area contributed by atoms with E-state index in [2.05, 4.69) is 10.6 Å². The molecule has 1 aliphatic rings. The van der Waals surface area contributed by atoms with Crippen LogP contribution in [0.1, 0.15) is 15.9 Å². The quantitative estimate of drug-likeness (QED) is 0.309. The Bertz CT molecular complexity index is 1470. The van der Waals surface area contributed by atoms with E-state index < -0.39 is 29.3 Å². The van der Waals surface area contributed by atoms with Gasteiger partial charge in [-0.25, -0.2) is 8.78 Å². The van der Waals surface area contributed by atoms with Crippen LogP contribution in [0.25, 0.3) is 21.9 Å². The Morgan fingerprint density at radius 2 is 1.59 bits per heavy atom. The molecule has 4 aromatic rings. The van der Waals surface area contributed by atoms with E-state index in [1.165, 1.54) is 12.1 Å². The van der Waals surface area contributed by atoms with Gasteiger partial charge in [-0.15, -0.1) is 0 Å². The number of hydrogen-bond donors (Lipinski definition) is 2. The molecule has 1 aliphatic heterocycles. The van der Waals surface area contributed by atoms with Gasteiger partial charge in [0.15, 0.2) is 0 Å². The van der Waals surface area contributed by atoms with Crippen molar-refractivity contribution in [3.8, 4) is 11.1 Å². The third-order valence-corrected chi connectivity index (χ3v) is 6.41. The highest BCUT2D eigenvalue weighted by molar-refractivity contribution is 6.14. The highest BCUT2D eigenvalue weighted by Gasteiger charge is 2.35. The Hall–Kier alpha value is -3.98. The van der Waals surface area contributed by atoms with Crippen LogP contribution < -0.4 is 15.5 Å². The van der Waals surface area contributed by atoms with E-state index in [1.807, 2.05) is 35.2 Å². The van der Waals surface area contributed by atoms with E-state index in [0.717, 1.165) is 23.9 Å². The fourth-order valence-electron chi connectivity index (χ4n) is 4.58. The smallest absolute Gasteiger partial charge is 0.367 e. The number of benzene rings is 4. The van der Waals surface area contributed by atoms with Gasteiger partial charge in [0.25, 0.3) is 5.91 Å². The van der Waals surface area contributed by atoms with E-state index >= 15 is 0 Å². The molecule has 0 saturated carbocycles. The third kappa shape index (κ3) is 4.99. The summed E-state index contributed by atoms with van der Waals surface area (Å²) in [6.07, 6.45) is -5.02. The van der Waals surface area contributed by atoms with Gasteiger partial charge in [0, 0.05) is 37.3 Å². The summed E-state index contributed by atoms with van der Waals surface area (Å²) in [5.41, 5.74) is -0.420. The summed E-state index contributed by atoms with van der Waals surface area (Å²) < 4.78 is 68.2. The standard InChI is InChI=1S/C28H22F5N3O/c29-23-16-22(28(31,32)33)24(30)15-21(23)18-8-9-26(36-12-10-34-11-13-36)25(14-18)35-27(37)20-7-3-5-17-4-1-2-6-19(17)20/h1-9,14-16,34H,10-13H2,(H,35,37). The second kappa shape index (κ2) is 9.82. The number of rotatable bonds is 4. The van der Waals surface area contributed by atoms with Gasteiger partial charge in [0.1, 0.15) is 11.6 Å². The van der Waals surface area contributed by atoms with Crippen molar-refractivity contribution in [3.05, 3.63) is 95.6 Å². The Morgan fingerprint density at radius 3 is 2.35 bits per heavy atom. The van der Waals surface area contributed by atoms with Gasteiger partial charge in [0.2, 0.25) is 0 Å². The summed E-state index contributed by atoms with van der Waals surface area (Å²) in [5.74, 6) is -3.18. The molecular weight excluding hydrogens is 489 g/mol. The van der Waals surface area contributed by atoms with Gasteiger partial charge in [-0.2, -0.15) is 13.2 Å². The van der Waals surface area contributed by atoms with Gasteiger partial charge in [0.05, 0.1) is 16.9 Å². The Labute approximate surface area is 209 Å². The molecule has 1 heterocycles. The average molecular weight is 511 g/mol. The normalized spacial score (nSPS) is 14.1. The second-order valence-electron chi connectivity index (χ2n) is 8.76. The lowest BCUT2D eigenvalue weighted by molar-refractivity contribution is -0.140. The van der Waals surface area contributed by atoms with Crippen LogP contribution in [-0.2, 0) is 6.18 Å². The molecule has 0 atom stereocenters. The van der Waals surface area contributed by atoms with Crippen molar-refractivity contribution in [1.29, 1.82) is 0 Å². The van der Waals surface area contributed by atoms with Crippen LogP contribution in [-0.4, -0.2) is 32.1 Å². The first kappa shape index (κ1) is 24.7. The van der Waals surface area contributed by atoms with Crippen LogP contribution in [0.15, 0.2) is 72.8 Å². The van der Waals surface area contributed by atoms with E-state index in [9.17, 15) is 26.7 Å². The zero-order valence-electron chi connectivity index (χ0n) is 19.5.